The lowest BCUT2D eigenvalue weighted by Crippen LogP contribution is -2.62. The quantitative estimate of drug-likeness (QED) is 0.152. The van der Waals surface area contributed by atoms with Crippen LogP contribution in [0.15, 0.2) is 60.8 Å². The number of carbonyl (C=O) groups is 5. The van der Waals surface area contributed by atoms with E-state index < -0.39 is 52.8 Å². The van der Waals surface area contributed by atoms with Crippen molar-refractivity contribution in [2.24, 2.45) is 24.3 Å². The van der Waals surface area contributed by atoms with Gasteiger partial charge in [0.2, 0.25) is 11.8 Å². The summed E-state index contributed by atoms with van der Waals surface area (Å²) in [6.07, 6.45) is 3.69. The van der Waals surface area contributed by atoms with Gasteiger partial charge in [-0.25, -0.2) is 5.43 Å². The number of amides is 4. The number of fused-ring (bicyclic) bond motifs is 6. The van der Waals surface area contributed by atoms with Gasteiger partial charge in [-0.05, 0) is 119 Å². The van der Waals surface area contributed by atoms with E-state index >= 15 is 0 Å². The molecule has 2 aromatic carbocycles. The maximum absolute atomic E-state index is 14.8. The predicted octanol–water partition coefficient (Wildman–Crippen LogP) is 5.94. The van der Waals surface area contributed by atoms with Gasteiger partial charge in [-0.2, -0.15) is 0 Å². The van der Waals surface area contributed by atoms with E-state index in [0.717, 1.165) is 50.1 Å². The predicted molar refractivity (Wildman–Crippen MR) is 271 cm³/mol. The number of ether oxygens (including phenoxy) is 2. The molecule has 15 nitrogen and oxygen atoms in total. The number of likely N-dealkylation sites (N-methyl/N-ethyl adjacent to an activating group) is 1. The first-order chi connectivity index (χ1) is 33.1. The lowest BCUT2D eigenvalue weighted by Gasteiger charge is -2.37. The van der Waals surface area contributed by atoms with Crippen LogP contribution in [0.25, 0.3) is 33.3 Å². The van der Waals surface area contributed by atoms with Gasteiger partial charge in [0.25, 0.3) is 11.8 Å². The number of hydrogen-bond acceptors (Lipinski definition) is 10. The molecule has 3 aliphatic rings. The third-order valence-electron chi connectivity index (χ3n) is 14.5. The molecule has 4 aromatic rings. The van der Waals surface area contributed by atoms with Gasteiger partial charge in [0.05, 0.1) is 35.6 Å². The van der Waals surface area contributed by atoms with Crippen LogP contribution >= 0.6 is 0 Å². The fourth-order valence-electron chi connectivity index (χ4n) is 9.94. The molecule has 5 atom stereocenters. The first-order valence-corrected chi connectivity index (χ1v) is 24.6. The maximum Gasteiger partial charge on any atom is 0.324 e. The molecule has 2 aromatic heterocycles. The van der Waals surface area contributed by atoms with Crippen molar-refractivity contribution >= 4 is 40.5 Å². The smallest absolute Gasteiger partial charge is 0.324 e. The third-order valence-corrected chi connectivity index (χ3v) is 14.5. The number of pyridine rings is 1. The zero-order valence-electron chi connectivity index (χ0n) is 43.1. The molecule has 7 rings (SSSR count). The topological polar surface area (TPSA) is 159 Å². The number of benzene rings is 2. The van der Waals surface area contributed by atoms with E-state index in [4.69, 9.17) is 14.5 Å². The molecule has 0 spiro atoms. The zero-order valence-corrected chi connectivity index (χ0v) is 43.1. The normalized spacial score (nSPS) is 20.6. The van der Waals surface area contributed by atoms with Crippen molar-refractivity contribution in [1.29, 1.82) is 0 Å². The Morgan fingerprint density at radius 3 is 2.46 bits per heavy atom. The summed E-state index contributed by atoms with van der Waals surface area (Å²) in [5.74, 6) is 3.03. The number of nitrogens with zero attached hydrogens (tertiary/aromatic N) is 6. The van der Waals surface area contributed by atoms with Gasteiger partial charge in [-0.15, -0.1) is 0 Å². The van der Waals surface area contributed by atoms with Gasteiger partial charge in [-0.3, -0.25) is 38.9 Å². The number of cyclic esters (lactones) is 1. The maximum atomic E-state index is 14.8. The van der Waals surface area contributed by atoms with Crippen molar-refractivity contribution < 1.29 is 33.4 Å². The molecule has 0 radical (unpaired) electrons. The molecule has 2 fully saturated rings. The summed E-state index contributed by atoms with van der Waals surface area (Å²) in [5, 5.41) is 5.57. The van der Waals surface area contributed by atoms with E-state index in [1.165, 1.54) is 9.91 Å². The number of likely N-dealkylation sites (tertiary alicyclic amines) is 1. The van der Waals surface area contributed by atoms with Gasteiger partial charge in [-0.1, -0.05) is 63.9 Å². The minimum Gasteiger partial charge on any atom is -0.464 e. The van der Waals surface area contributed by atoms with Gasteiger partial charge < -0.3 is 29.2 Å². The molecule has 6 bridgehead atoms. The van der Waals surface area contributed by atoms with Gasteiger partial charge in [0, 0.05) is 75.3 Å². The van der Waals surface area contributed by atoms with Crippen LogP contribution < -0.4 is 10.7 Å². The third kappa shape index (κ3) is 11.1. The first-order valence-electron chi connectivity index (χ1n) is 24.6. The Labute approximate surface area is 413 Å². The molecule has 15 heteroatoms. The molecule has 5 heterocycles. The molecule has 70 heavy (non-hydrogen) atoms. The van der Waals surface area contributed by atoms with Gasteiger partial charge in [0.15, 0.2) is 0 Å². The van der Waals surface area contributed by atoms with Crippen molar-refractivity contribution in [3.05, 3.63) is 77.6 Å². The molecular formula is C55H72N8O7. The average Bonchev–Trinajstić information content (AvgIpc) is 3.93. The summed E-state index contributed by atoms with van der Waals surface area (Å²) < 4.78 is 14.1. The monoisotopic (exact) mass is 957 g/mol. The van der Waals surface area contributed by atoms with Crippen molar-refractivity contribution in [3.8, 4) is 34.2 Å². The molecular weight excluding hydrogens is 885 g/mol. The van der Waals surface area contributed by atoms with Gasteiger partial charge >= 0.3 is 5.97 Å². The Hall–Kier alpha value is -6.08. The summed E-state index contributed by atoms with van der Waals surface area (Å²) >= 11 is 0. The number of hydrogen-bond donors (Lipinski definition) is 2. The van der Waals surface area contributed by atoms with Crippen LogP contribution in [-0.2, 0) is 53.3 Å². The lowest BCUT2D eigenvalue weighted by molar-refractivity contribution is -0.155. The zero-order chi connectivity index (χ0) is 50.8. The number of aryl methyl sites for hydroxylation is 1. The summed E-state index contributed by atoms with van der Waals surface area (Å²) in [4.78, 5) is 80.4. The summed E-state index contributed by atoms with van der Waals surface area (Å²) in [6, 6.07) is 15.7. The Morgan fingerprint density at radius 2 is 1.74 bits per heavy atom. The van der Waals surface area contributed by atoms with Crippen molar-refractivity contribution in [2.45, 2.75) is 110 Å². The van der Waals surface area contributed by atoms with E-state index in [1.54, 1.807) is 25.3 Å². The van der Waals surface area contributed by atoms with Crippen LogP contribution in [-0.4, -0.2) is 137 Å². The van der Waals surface area contributed by atoms with Crippen LogP contribution in [0.3, 0.4) is 0 Å². The molecule has 1 unspecified atom stereocenters. The largest absolute Gasteiger partial charge is 0.464 e. The molecule has 3 aliphatic heterocycles. The number of carbonyl (C=O) groups excluding carboxylic acids is 5. The van der Waals surface area contributed by atoms with Crippen molar-refractivity contribution in [1.82, 2.24) is 40.0 Å². The molecule has 4 amide bonds. The van der Waals surface area contributed by atoms with E-state index in [0.29, 0.717) is 38.8 Å². The SMILES string of the molecule is CO[C@@H](C)c1ncccc1-c1c2c3cc(ccc3n1C)-c1cccc(c1)C[C@H](NC(=O)C(C(C)C)N(C)C(=O)[C@H]1CCN(C(=O)C#CC(C)(C)N(C)C)C1)C(=O)N1CCC[C@H](N1)C(=O)OCC(C)(C)C2. The number of methoxy groups -OCH3 is 1. The molecule has 2 N–H and O–H groups in total. The second kappa shape index (κ2) is 21.1. The van der Waals surface area contributed by atoms with Crippen molar-refractivity contribution in [2.75, 3.05) is 54.5 Å². The molecule has 0 saturated carbocycles. The Balaban J connectivity index is 1.22. The van der Waals surface area contributed by atoms with Crippen LogP contribution in [0.2, 0.25) is 0 Å². The number of aromatic nitrogens is 2. The van der Waals surface area contributed by atoms with E-state index in [9.17, 15) is 24.0 Å². The van der Waals surface area contributed by atoms with E-state index in [-0.39, 0.29) is 43.4 Å². The van der Waals surface area contributed by atoms with E-state index in [2.05, 4.69) is 78.4 Å². The Morgan fingerprint density at radius 1 is 1.00 bits per heavy atom. The highest BCUT2D eigenvalue weighted by Gasteiger charge is 2.40. The summed E-state index contributed by atoms with van der Waals surface area (Å²) in [6.45, 7) is 14.8. The minimum absolute atomic E-state index is 0.129. The first kappa shape index (κ1) is 51.8. The highest BCUT2D eigenvalue weighted by Crippen LogP contribution is 2.41. The Kier molecular flexibility index (Phi) is 15.6. The molecule has 374 valence electrons. The number of hydrazine groups is 1. The Bertz CT molecular complexity index is 2690. The summed E-state index contributed by atoms with van der Waals surface area (Å²) in [5.41, 5.74) is 9.81. The average molecular weight is 957 g/mol. The van der Waals surface area contributed by atoms with Crippen LogP contribution in [0.4, 0.5) is 0 Å². The van der Waals surface area contributed by atoms with Crippen LogP contribution in [0.1, 0.15) is 90.7 Å². The molecule has 2 saturated heterocycles. The van der Waals surface area contributed by atoms with E-state index in [1.807, 2.05) is 77.9 Å². The lowest BCUT2D eigenvalue weighted by atomic mass is 9.84. The number of rotatable bonds is 9. The van der Waals surface area contributed by atoms with Gasteiger partial charge in [0.1, 0.15) is 18.1 Å². The number of nitrogens with one attached hydrogen (secondary N) is 2. The fraction of sp³-hybridized carbons (Fsp3) is 0.527. The van der Waals surface area contributed by atoms with Crippen molar-refractivity contribution in [3.63, 3.8) is 0 Å². The second-order valence-corrected chi connectivity index (χ2v) is 21.2. The summed E-state index contributed by atoms with van der Waals surface area (Å²) in [7, 11) is 9.16. The highest BCUT2D eigenvalue weighted by atomic mass is 16.5. The second-order valence-electron chi connectivity index (χ2n) is 21.2. The highest BCUT2D eigenvalue weighted by molar-refractivity contribution is 5.97. The van der Waals surface area contributed by atoms with Crippen LogP contribution in [0.5, 0.6) is 0 Å². The molecule has 0 aliphatic carbocycles. The fourth-order valence-corrected chi connectivity index (χ4v) is 9.94. The van der Waals surface area contributed by atoms with Crippen LogP contribution in [0, 0.1) is 29.1 Å². The standard InChI is InChI=1S/C55H72N8O7/c1-34(2)48(61(11)51(66)39-23-27-62(32-39)46(64)22-24-55(6,7)59(8)9)50(65)57-44-29-36-16-13-17-37(28-36)38-20-21-45-41(30-38)42(49(60(45)10)40-18-14-25-56-47(40)35(3)69-12)31-54(4,5)33-70-53(68)43-19-15-26-63(58-43)52(44)67/h13-14,16-18,20-21,25,28,30,34-35,39,43-44,48,58H,15,19,23,26-27,29,31-33H2,1-12H3,(H,57,65)/t35-,39-,43-,44-,48?/m0/s1. The minimum atomic E-state index is -1.06. The number of esters is 1.